The monoisotopic (exact) mass is 657 g/mol. The Morgan fingerprint density at radius 3 is 2.45 bits per heavy atom. The van der Waals surface area contributed by atoms with Crippen molar-refractivity contribution in [2.45, 2.75) is 33.5 Å². The first-order chi connectivity index (χ1) is 19.2. The van der Waals surface area contributed by atoms with E-state index in [1.165, 1.54) is 20.2 Å². The summed E-state index contributed by atoms with van der Waals surface area (Å²) in [6.07, 6.45) is 0.384. The zero-order valence-corrected chi connectivity index (χ0v) is 24.5. The second-order valence-corrected chi connectivity index (χ2v) is 9.99. The van der Waals surface area contributed by atoms with Crippen LogP contribution in [0.15, 0.2) is 70.2 Å². The molecule has 0 aliphatic carbocycles. The van der Waals surface area contributed by atoms with E-state index in [4.69, 9.17) is 23.7 Å². The van der Waals surface area contributed by atoms with Gasteiger partial charge in [0.2, 0.25) is 0 Å². The van der Waals surface area contributed by atoms with Gasteiger partial charge in [-0.3, -0.25) is 4.79 Å². The van der Waals surface area contributed by atoms with E-state index >= 15 is 0 Å². The standard InChI is InChI=1S/C29H28IN3O7/c1-17-5-6-18(2)33(17)21-7-9-22(10-8-21)38-16-23-11-12-25(40-23)28(34)32-31-15-20-13-24(30)27(26(14-20)37-4)39-19(3)29(35)36/h5-15,19H,16H2,1-4H3,(H,32,34)(H,35,36)/b31-15+/t19-/m0/s1. The zero-order valence-electron chi connectivity index (χ0n) is 22.3. The molecule has 0 spiro atoms. The molecule has 0 saturated carbocycles. The molecule has 0 saturated heterocycles. The molecular weight excluding hydrogens is 629 g/mol. The first-order valence-corrected chi connectivity index (χ1v) is 13.3. The molecule has 4 aromatic rings. The number of rotatable bonds is 11. The highest BCUT2D eigenvalue weighted by molar-refractivity contribution is 14.1. The summed E-state index contributed by atoms with van der Waals surface area (Å²) < 4.78 is 25.0. The summed E-state index contributed by atoms with van der Waals surface area (Å²) in [6, 6.07) is 18.5. The summed E-state index contributed by atoms with van der Waals surface area (Å²) in [4.78, 5) is 23.6. The van der Waals surface area contributed by atoms with E-state index in [0.717, 1.165) is 17.1 Å². The summed E-state index contributed by atoms with van der Waals surface area (Å²) in [5, 5.41) is 13.1. The Bertz CT molecular complexity index is 1520. The molecule has 11 heteroatoms. The van der Waals surface area contributed by atoms with Crippen LogP contribution in [0.3, 0.4) is 0 Å². The quantitative estimate of drug-likeness (QED) is 0.124. The van der Waals surface area contributed by atoms with Crippen LogP contribution in [-0.2, 0) is 11.4 Å². The van der Waals surface area contributed by atoms with Gasteiger partial charge in [-0.05, 0) is 110 Å². The van der Waals surface area contributed by atoms with Crippen molar-refractivity contribution in [2.24, 2.45) is 5.10 Å². The second kappa shape index (κ2) is 12.7. The summed E-state index contributed by atoms with van der Waals surface area (Å²) in [5.74, 6) is 0.285. The Kier molecular flexibility index (Phi) is 9.15. The van der Waals surface area contributed by atoms with Crippen LogP contribution < -0.4 is 19.6 Å². The minimum Gasteiger partial charge on any atom is -0.493 e. The second-order valence-electron chi connectivity index (χ2n) is 8.83. The van der Waals surface area contributed by atoms with Gasteiger partial charge in [0.25, 0.3) is 0 Å². The van der Waals surface area contributed by atoms with Crippen LogP contribution in [0, 0.1) is 17.4 Å². The number of benzene rings is 2. The summed E-state index contributed by atoms with van der Waals surface area (Å²) in [7, 11) is 1.45. The van der Waals surface area contributed by atoms with Gasteiger partial charge in [0.1, 0.15) is 18.1 Å². The van der Waals surface area contributed by atoms with Crippen molar-refractivity contribution < 1.29 is 33.3 Å². The van der Waals surface area contributed by atoms with Gasteiger partial charge in [-0.2, -0.15) is 5.10 Å². The molecular formula is C29H28IN3O7. The lowest BCUT2D eigenvalue weighted by atomic mass is 10.2. The number of hydrogen-bond acceptors (Lipinski definition) is 7. The van der Waals surface area contributed by atoms with E-state index in [-0.39, 0.29) is 12.4 Å². The predicted octanol–water partition coefficient (Wildman–Crippen LogP) is 5.50. The number of ether oxygens (including phenoxy) is 3. The summed E-state index contributed by atoms with van der Waals surface area (Å²) in [6.45, 7) is 5.71. The maximum absolute atomic E-state index is 12.5. The van der Waals surface area contributed by atoms with Crippen LogP contribution >= 0.6 is 22.6 Å². The maximum Gasteiger partial charge on any atom is 0.344 e. The number of methoxy groups -OCH3 is 1. The number of nitrogens with one attached hydrogen (secondary N) is 1. The number of furan rings is 1. The molecule has 0 unspecified atom stereocenters. The van der Waals surface area contributed by atoms with Gasteiger partial charge in [0.05, 0.1) is 16.9 Å². The van der Waals surface area contributed by atoms with Gasteiger partial charge < -0.3 is 28.3 Å². The third-order valence-corrected chi connectivity index (χ3v) is 6.71. The van der Waals surface area contributed by atoms with Gasteiger partial charge in [0, 0.05) is 17.1 Å². The third-order valence-electron chi connectivity index (χ3n) is 5.91. The number of carboxylic acids is 1. The minimum atomic E-state index is -1.09. The number of aliphatic carboxylic acids is 1. The smallest absolute Gasteiger partial charge is 0.344 e. The average Bonchev–Trinajstić information content (AvgIpc) is 3.55. The minimum absolute atomic E-state index is 0.0863. The molecule has 0 fully saturated rings. The Morgan fingerprint density at radius 1 is 1.10 bits per heavy atom. The molecule has 2 N–H and O–H groups in total. The molecule has 2 heterocycles. The lowest BCUT2D eigenvalue weighted by Gasteiger charge is -2.16. The number of carbonyl (C=O) groups excluding carboxylic acids is 1. The molecule has 40 heavy (non-hydrogen) atoms. The van der Waals surface area contributed by atoms with Gasteiger partial charge in [-0.1, -0.05) is 0 Å². The van der Waals surface area contributed by atoms with Crippen molar-refractivity contribution in [3.8, 4) is 22.9 Å². The van der Waals surface area contributed by atoms with E-state index in [2.05, 4.69) is 41.1 Å². The molecule has 208 valence electrons. The fourth-order valence-electron chi connectivity index (χ4n) is 3.88. The van der Waals surface area contributed by atoms with Crippen molar-refractivity contribution >= 4 is 40.7 Å². The number of carbonyl (C=O) groups is 2. The van der Waals surface area contributed by atoms with Crippen LogP contribution in [0.25, 0.3) is 5.69 Å². The third kappa shape index (κ3) is 6.84. The average molecular weight is 657 g/mol. The van der Waals surface area contributed by atoms with Crippen LogP contribution in [0.5, 0.6) is 17.2 Å². The Hall–Kier alpha value is -4.26. The zero-order chi connectivity index (χ0) is 28.8. The number of carboxylic acid groups (broad SMARTS) is 1. The number of aromatic nitrogens is 1. The Balaban J connectivity index is 1.33. The fourth-order valence-corrected chi connectivity index (χ4v) is 4.63. The van der Waals surface area contributed by atoms with E-state index in [0.29, 0.717) is 32.1 Å². The number of nitrogens with zero attached hydrogens (tertiary/aromatic N) is 2. The van der Waals surface area contributed by atoms with E-state index in [1.54, 1.807) is 24.3 Å². The molecule has 1 atom stereocenters. The molecule has 2 aromatic heterocycles. The Labute approximate surface area is 244 Å². The topological polar surface area (TPSA) is 125 Å². The molecule has 4 rings (SSSR count). The highest BCUT2D eigenvalue weighted by Crippen LogP contribution is 2.34. The Morgan fingerprint density at radius 2 is 1.80 bits per heavy atom. The number of hydrogen-bond donors (Lipinski definition) is 2. The lowest BCUT2D eigenvalue weighted by Crippen LogP contribution is -2.23. The molecule has 2 aromatic carbocycles. The summed E-state index contributed by atoms with van der Waals surface area (Å²) in [5.41, 5.74) is 6.39. The molecule has 0 radical (unpaired) electrons. The van der Waals surface area contributed by atoms with Crippen molar-refractivity contribution in [1.29, 1.82) is 0 Å². The maximum atomic E-state index is 12.5. The molecule has 0 bridgehead atoms. The van der Waals surface area contributed by atoms with Crippen molar-refractivity contribution in [3.63, 3.8) is 0 Å². The van der Waals surface area contributed by atoms with E-state index in [9.17, 15) is 9.59 Å². The first-order valence-electron chi connectivity index (χ1n) is 12.2. The van der Waals surface area contributed by atoms with E-state index in [1.807, 2.05) is 46.9 Å². The van der Waals surface area contributed by atoms with Crippen molar-refractivity contribution in [2.75, 3.05) is 7.11 Å². The van der Waals surface area contributed by atoms with Gasteiger partial charge in [-0.15, -0.1) is 0 Å². The predicted molar refractivity (Wildman–Crippen MR) is 157 cm³/mol. The number of halogens is 1. The molecule has 10 nitrogen and oxygen atoms in total. The van der Waals surface area contributed by atoms with E-state index < -0.39 is 18.0 Å². The highest BCUT2D eigenvalue weighted by Gasteiger charge is 2.19. The number of aryl methyl sites for hydroxylation is 2. The van der Waals surface area contributed by atoms with Crippen LogP contribution in [0.4, 0.5) is 0 Å². The highest BCUT2D eigenvalue weighted by atomic mass is 127. The number of amides is 1. The fraction of sp³-hybridized carbons (Fsp3) is 0.207. The summed E-state index contributed by atoms with van der Waals surface area (Å²) >= 11 is 2.01. The first kappa shape index (κ1) is 28.7. The van der Waals surface area contributed by atoms with Gasteiger partial charge in [0.15, 0.2) is 23.4 Å². The van der Waals surface area contributed by atoms with Gasteiger partial charge in [-0.25, -0.2) is 10.2 Å². The normalized spacial score (nSPS) is 11.8. The number of hydrazone groups is 1. The van der Waals surface area contributed by atoms with Crippen LogP contribution in [0.2, 0.25) is 0 Å². The van der Waals surface area contributed by atoms with Crippen LogP contribution in [0.1, 0.15) is 40.2 Å². The van der Waals surface area contributed by atoms with Crippen molar-refractivity contribution in [3.05, 3.63) is 92.7 Å². The van der Waals surface area contributed by atoms with Crippen LogP contribution in [-0.4, -0.2) is 41.0 Å². The van der Waals surface area contributed by atoms with Gasteiger partial charge >= 0.3 is 11.9 Å². The largest absolute Gasteiger partial charge is 0.493 e. The SMILES string of the molecule is COc1cc(/C=N/NC(=O)c2ccc(COc3ccc(-n4c(C)ccc4C)cc3)o2)cc(I)c1O[C@@H](C)C(=O)O. The van der Waals surface area contributed by atoms with Crippen molar-refractivity contribution in [1.82, 2.24) is 9.99 Å². The molecule has 0 aliphatic heterocycles. The lowest BCUT2D eigenvalue weighted by molar-refractivity contribution is -0.144. The molecule has 1 amide bonds. The molecule has 0 aliphatic rings.